The van der Waals surface area contributed by atoms with Crippen molar-refractivity contribution in [2.24, 2.45) is 5.92 Å². The van der Waals surface area contributed by atoms with Crippen LogP contribution in [-0.4, -0.2) is 75.8 Å². The summed E-state index contributed by atoms with van der Waals surface area (Å²) in [5, 5.41) is 13.1. The van der Waals surface area contributed by atoms with E-state index < -0.39 is 0 Å². The zero-order chi connectivity index (χ0) is 16.9. The largest absolute Gasteiger partial charge is 0.352 e. The summed E-state index contributed by atoms with van der Waals surface area (Å²) in [6.07, 6.45) is 6.10. The normalized spacial score (nSPS) is 25.5. The molecule has 2 atom stereocenters. The molecule has 132 valence electrons. The molecule has 2 amide bonds. The van der Waals surface area contributed by atoms with Gasteiger partial charge in [-0.15, -0.1) is 0 Å². The molecule has 0 unspecified atom stereocenters. The first-order valence-corrected chi connectivity index (χ1v) is 8.78. The third-order valence-corrected chi connectivity index (χ3v) is 4.96. The molecule has 0 spiro atoms. The number of amides is 2. The molecule has 24 heavy (non-hydrogen) atoms. The number of nitrogens with zero attached hydrogens (tertiary/aromatic N) is 4. The van der Waals surface area contributed by atoms with Gasteiger partial charge in [0, 0.05) is 32.2 Å². The molecule has 2 heterocycles. The van der Waals surface area contributed by atoms with Crippen LogP contribution in [0.4, 0.5) is 0 Å². The monoisotopic (exact) mass is 334 g/mol. The summed E-state index contributed by atoms with van der Waals surface area (Å²) >= 11 is 0. The van der Waals surface area contributed by atoms with Crippen LogP contribution in [0.3, 0.4) is 0 Å². The Kier molecular flexibility index (Phi) is 5.44. The summed E-state index contributed by atoms with van der Waals surface area (Å²) in [5.41, 5.74) is 0.340. The first kappa shape index (κ1) is 16.9. The zero-order valence-electron chi connectivity index (χ0n) is 14.2. The molecule has 8 heteroatoms. The molecule has 3 rings (SSSR count). The Balaban J connectivity index is 1.40. The maximum Gasteiger partial charge on any atom is 0.276 e. The van der Waals surface area contributed by atoms with Crippen LogP contribution in [0.1, 0.15) is 43.1 Å². The van der Waals surface area contributed by atoms with Crippen molar-refractivity contribution in [3.05, 3.63) is 11.9 Å². The quantitative estimate of drug-likeness (QED) is 0.823. The van der Waals surface area contributed by atoms with Gasteiger partial charge in [-0.05, 0) is 18.8 Å². The number of hydrogen-bond donors (Lipinski definition) is 2. The average molecular weight is 334 g/mol. The van der Waals surface area contributed by atoms with Crippen molar-refractivity contribution in [1.82, 2.24) is 30.5 Å². The van der Waals surface area contributed by atoms with Crippen LogP contribution in [0, 0.1) is 5.92 Å². The number of aromatic nitrogens is 3. The number of aromatic amines is 1. The lowest BCUT2D eigenvalue weighted by molar-refractivity contribution is -0.123. The van der Waals surface area contributed by atoms with E-state index in [0.717, 1.165) is 12.8 Å². The smallest absolute Gasteiger partial charge is 0.276 e. The van der Waals surface area contributed by atoms with E-state index in [1.165, 1.54) is 19.0 Å². The summed E-state index contributed by atoms with van der Waals surface area (Å²) in [7, 11) is 0. The molecule has 1 saturated carbocycles. The van der Waals surface area contributed by atoms with Crippen molar-refractivity contribution in [2.75, 3.05) is 32.7 Å². The van der Waals surface area contributed by atoms with Crippen molar-refractivity contribution < 1.29 is 9.59 Å². The molecule has 8 nitrogen and oxygen atoms in total. The van der Waals surface area contributed by atoms with Crippen molar-refractivity contribution in [2.45, 2.75) is 38.6 Å². The van der Waals surface area contributed by atoms with Crippen molar-refractivity contribution in [3.63, 3.8) is 0 Å². The zero-order valence-corrected chi connectivity index (χ0v) is 14.2. The molecule has 1 aromatic heterocycles. The van der Waals surface area contributed by atoms with Gasteiger partial charge in [-0.3, -0.25) is 14.5 Å². The molecule has 2 aliphatic rings. The topological polar surface area (TPSA) is 94.2 Å². The highest BCUT2D eigenvalue weighted by atomic mass is 16.2. The molecule has 0 bridgehead atoms. The number of carbonyl (C=O) groups is 2. The Labute approximate surface area is 142 Å². The van der Waals surface area contributed by atoms with Gasteiger partial charge in [0.1, 0.15) is 0 Å². The number of nitrogens with one attached hydrogen (secondary N) is 2. The van der Waals surface area contributed by atoms with E-state index in [2.05, 4.69) is 32.6 Å². The van der Waals surface area contributed by atoms with Gasteiger partial charge in [-0.1, -0.05) is 19.8 Å². The molecule has 1 saturated heterocycles. The molecule has 0 aromatic carbocycles. The molecule has 1 aliphatic carbocycles. The van der Waals surface area contributed by atoms with Gasteiger partial charge in [0.15, 0.2) is 5.69 Å². The second-order valence-corrected chi connectivity index (χ2v) is 6.96. The highest BCUT2D eigenvalue weighted by molar-refractivity contribution is 5.92. The lowest BCUT2D eigenvalue weighted by atomic mass is 9.87. The molecule has 0 radical (unpaired) electrons. The van der Waals surface area contributed by atoms with Gasteiger partial charge in [-0.25, -0.2) is 0 Å². The van der Waals surface area contributed by atoms with Gasteiger partial charge in [0.05, 0.1) is 12.7 Å². The summed E-state index contributed by atoms with van der Waals surface area (Å²) in [5.74, 6) is 0.699. The Morgan fingerprint density at radius 2 is 2.08 bits per heavy atom. The second-order valence-electron chi connectivity index (χ2n) is 6.96. The first-order chi connectivity index (χ1) is 11.6. The van der Waals surface area contributed by atoms with Crippen LogP contribution in [0.25, 0.3) is 0 Å². The van der Waals surface area contributed by atoms with Gasteiger partial charge >= 0.3 is 0 Å². The standard InChI is InChI=1S/C16H26N6O2/c1-12-3-2-4-13(9-12)18-15(23)11-21-5-7-22(8-6-21)16(24)14-10-17-20-19-14/h10,12-13H,2-9,11H2,1H3,(H,18,23)(H,17,19,20)/t12-,13+/m0/s1. The van der Waals surface area contributed by atoms with Gasteiger partial charge < -0.3 is 10.2 Å². The van der Waals surface area contributed by atoms with E-state index in [9.17, 15) is 9.59 Å². The molecular weight excluding hydrogens is 308 g/mol. The van der Waals surface area contributed by atoms with Crippen molar-refractivity contribution >= 4 is 11.8 Å². The van der Waals surface area contributed by atoms with Gasteiger partial charge in [-0.2, -0.15) is 15.4 Å². The lowest BCUT2D eigenvalue weighted by Gasteiger charge is -2.34. The Bertz CT molecular complexity index is 553. The Morgan fingerprint density at radius 3 is 2.75 bits per heavy atom. The molecule has 1 aliphatic heterocycles. The van der Waals surface area contributed by atoms with E-state index in [0.29, 0.717) is 50.4 Å². The minimum Gasteiger partial charge on any atom is -0.352 e. The summed E-state index contributed by atoms with van der Waals surface area (Å²) in [6, 6.07) is 0.330. The van der Waals surface area contributed by atoms with E-state index in [-0.39, 0.29) is 11.8 Å². The van der Waals surface area contributed by atoms with Crippen LogP contribution >= 0.6 is 0 Å². The van der Waals surface area contributed by atoms with Crippen LogP contribution < -0.4 is 5.32 Å². The lowest BCUT2D eigenvalue weighted by Crippen LogP contribution is -2.52. The minimum absolute atomic E-state index is 0.102. The van der Waals surface area contributed by atoms with Crippen LogP contribution in [0.2, 0.25) is 0 Å². The summed E-state index contributed by atoms with van der Waals surface area (Å²) in [4.78, 5) is 28.3. The fourth-order valence-electron chi connectivity index (χ4n) is 3.62. The van der Waals surface area contributed by atoms with Gasteiger partial charge in [0.2, 0.25) is 5.91 Å². The maximum atomic E-state index is 12.2. The fraction of sp³-hybridized carbons (Fsp3) is 0.750. The average Bonchev–Trinajstić information content (AvgIpc) is 3.09. The summed E-state index contributed by atoms with van der Waals surface area (Å²) in [6.45, 7) is 5.30. The molecular formula is C16H26N6O2. The first-order valence-electron chi connectivity index (χ1n) is 8.78. The van der Waals surface area contributed by atoms with E-state index >= 15 is 0 Å². The number of carbonyl (C=O) groups excluding carboxylic acids is 2. The van der Waals surface area contributed by atoms with Crippen LogP contribution in [0.15, 0.2) is 6.20 Å². The van der Waals surface area contributed by atoms with Crippen molar-refractivity contribution in [3.8, 4) is 0 Å². The highest BCUT2D eigenvalue weighted by Gasteiger charge is 2.26. The van der Waals surface area contributed by atoms with Crippen LogP contribution in [0.5, 0.6) is 0 Å². The third kappa shape index (κ3) is 4.31. The van der Waals surface area contributed by atoms with Crippen molar-refractivity contribution in [1.29, 1.82) is 0 Å². The fourth-order valence-corrected chi connectivity index (χ4v) is 3.62. The maximum absolute atomic E-state index is 12.2. The highest BCUT2D eigenvalue weighted by Crippen LogP contribution is 2.23. The SMILES string of the molecule is C[C@H]1CCC[C@@H](NC(=O)CN2CCN(C(=O)c3cn[nH]n3)CC2)C1. The predicted molar refractivity (Wildman–Crippen MR) is 88.3 cm³/mol. The van der Waals surface area contributed by atoms with E-state index in [1.54, 1.807) is 4.90 Å². The van der Waals surface area contributed by atoms with Crippen LogP contribution in [-0.2, 0) is 4.79 Å². The number of hydrogen-bond acceptors (Lipinski definition) is 5. The summed E-state index contributed by atoms with van der Waals surface area (Å²) < 4.78 is 0. The third-order valence-electron chi connectivity index (χ3n) is 4.96. The van der Waals surface area contributed by atoms with Gasteiger partial charge in [0.25, 0.3) is 5.91 Å². The Morgan fingerprint density at radius 1 is 1.29 bits per heavy atom. The van der Waals surface area contributed by atoms with E-state index in [4.69, 9.17) is 0 Å². The van der Waals surface area contributed by atoms with E-state index in [1.807, 2.05) is 0 Å². The minimum atomic E-state index is -0.107. The Hall–Kier alpha value is -1.96. The number of H-pyrrole nitrogens is 1. The predicted octanol–water partition coefficient (Wildman–Crippen LogP) is 0.257. The number of piperazine rings is 1. The molecule has 2 N–H and O–H groups in total. The molecule has 1 aromatic rings. The number of rotatable bonds is 4. The second kappa shape index (κ2) is 7.74. The molecule has 2 fully saturated rings.